The minimum absolute atomic E-state index is 0.221. The number of amides is 1. The molecule has 0 aromatic carbocycles. The number of nitrogens with one attached hydrogen (secondary N) is 1. The first kappa shape index (κ1) is 71.1. The van der Waals surface area contributed by atoms with Crippen LogP contribution in [0.1, 0.15) is 328 Å². The normalized spacial score (nSPS) is 19.0. The first-order valence-electron chi connectivity index (χ1n) is 31.9. The van der Waals surface area contributed by atoms with Crippen molar-refractivity contribution in [3.63, 3.8) is 0 Å². The Kier molecular flexibility index (Phi) is 49.5. The Morgan fingerprint density at radius 1 is 0.486 bits per heavy atom. The predicted octanol–water partition coefficient (Wildman–Crippen LogP) is 15.6. The second-order valence-corrected chi connectivity index (χ2v) is 23.8. The van der Waals surface area contributed by atoms with Crippen LogP contribution in [0.4, 0.5) is 0 Å². The van der Waals surface area contributed by atoms with E-state index in [0.29, 0.717) is 12.8 Å². The summed E-state index contributed by atoms with van der Waals surface area (Å²) in [6.45, 7) is 3.51. The lowest BCUT2D eigenvalue weighted by Crippen LogP contribution is -2.61. The van der Waals surface area contributed by atoms with E-state index in [2.05, 4.69) is 23.3 Å². The summed E-state index contributed by atoms with van der Waals surface area (Å²) in [7, 11) is -5.08. The number of rotatable bonds is 57. The van der Waals surface area contributed by atoms with Gasteiger partial charge in [-0.1, -0.05) is 309 Å². The van der Waals surface area contributed by atoms with Crippen LogP contribution in [0.3, 0.4) is 0 Å². The third-order valence-corrected chi connectivity index (χ3v) is 16.1. The van der Waals surface area contributed by atoms with E-state index in [-0.39, 0.29) is 12.5 Å². The summed E-state index contributed by atoms with van der Waals surface area (Å²) in [6, 6.07) is -0.853. The van der Waals surface area contributed by atoms with E-state index in [0.717, 1.165) is 51.4 Å². The molecule has 12 nitrogen and oxygen atoms in total. The van der Waals surface area contributed by atoms with E-state index in [4.69, 9.17) is 9.47 Å². The van der Waals surface area contributed by atoms with Gasteiger partial charge in [-0.2, -0.15) is 8.42 Å². The zero-order valence-electron chi connectivity index (χ0n) is 48.2. The zero-order chi connectivity index (χ0) is 54.0. The summed E-state index contributed by atoms with van der Waals surface area (Å²) in [5.41, 5.74) is 0. The van der Waals surface area contributed by atoms with Gasteiger partial charge in [0.25, 0.3) is 0 Å². The molecule has 0 aromatic rings. The average Bonchev–Trinajstić information content (AvgIpc) is 3.38. The first-order chi connectivity index (χ1) is 36.0. The summed E-state index contributed by atoms with van der Waals surface area (Å²) < 4.78 is 47.9. The van der Waals surface area contributed by atoms with Crippen molar-refractivity contribution in [1.29, 1.82) is 0 Å². The Balaban J connectivity index is 2.20. The maximum Gasteiger partial charge on any atom is 0.397 e. The van der Waals surface area contributed by atoms with Crippen LogP contribution in [0, 0.1) is 0 Å². The van der Waals surface area contributed by atoms with Crippen molar-refractivity contribution in [2.45, 2.75) is 371 Å². The standard InChI is InChI=1S/C61H121NO11S/c1-3-5-7-9-11-13-15-17-19-20-21-22-23-24-25-26-27-28-29-30-31-32-33-34-35-37-39-41-43-45-47-49-51-57(65)62-54(53-71-61-59(67)60(73-74(68,69)70)58(66)56(52-63)72-61)55(64)50-48-46-44-42-40-38-36-18-16-14-12-10-8-6-4-2/h54-56,58-61,63-64,66-67H,3-53H2,1-2H3,(H,62,65)(H,68,69,70). The molecule has 7 atom stereocenters. The average molecular weight is 1080 g/mol. The van der Waals surface area contributed by atoms with Crippen LogP contribution in [0.5, 0.6) is 0 Å². The number of aliphatic hydroxyl groups excluding tert-OH is 4. The molecule has 0 radical (unpaired) electrons. The highest BCUT2D eigenvalue weighted by Crippen LogP contribution is 2.26. The molecule has 1 fully saturated rings. The summed E-state index contributed by atoms with van der Waals surface area (Å²) in [4.78, 5) is 13.2. The molecule has 0 aliphatic carbocycles. The molecule has 1 amide bonds. The van der Waals surface area contributed by atoms with Gasteiger partial charge in [-0.05, 0) is 12.8 Å². The largest absolute Gasteiger partial charge is 0.397 e. The van der Waals surface area contributed by atoms with E-state index in [1.807, 2.05) is 0 Å². The van der Waals surface area contributed by atoms with E-state index in [1.165, 1.54) is 250 Å². The summed E-state index contributed by atoms with van der Waals surface area (Å²) in [5.74, 6) is -0.221. The Morgan fingerprint density at radius 3 is 1.08 bits per heavy atom. The van der Waals surface area contributed by atoms with Crippen molar-refractivity contribution in [1.82, 2.24) is 5.32 Å². The van der Waals surface area contributed by atoms with Gasteiger partial charge in [0.2, 0.25) is 5.91 Å². The number of ether oxygens (including phenoxy) is 2. The first-order valence-corrected chi connectivity index (χ1v) is 33.3. The predicted molar refractivity (Wildman–Crippen MR) is 306 cm³/mol. The molecule has 1 heterocycles. The summed E-state index contributed by atoms with van der Waals surface area (Å²) in [6.07, 6.45) is 52.8. The van der Waals surface area contributed by atoms with Crippen LogP contribution in [-0.2, 0) is 28.9 Å². The van der Waals surface area contributed by atoms with Gasteiger partial charge in [0.1, 0.15) is 24.4 Å². The SMILES string of the molecule is CCCCCCCCCCCCCCCCCCCCCCCCCCCCCCCCCCC(=O)NC(COC1OC(CO)C(O)C(OS(=O)(=O)O)C1O)C(O)CCCCCCCCCCCCCCCCC. The molecule has 0 bridgehead atoms. The van der Waals surface area contributed by atoms with Gasteiger partial charge in [0.05, 0.1) is 25.4 Å². The molecule has 0 spiro atoms. The van der Waals surface area contributed by atoms with E-state index in [9.17, 15) is 38.2 Å². The number of aliphatic hydroxyl groups is 4. The molecule has 6 N–H and O–H groups in total. The maximum absolute atomic E-state index is 13.2. The van der Waals surface area contributed by atoms with Crippen molar-refractivity contribution in [2.75, 3.05) is 13.2 Å². The highest BCUT2D eigenvalue weighted by Gasteiger charge is 2.48. The Morgan fingerprint density at radius 2 is 0.784 bits per heavy atom. The highest BCUT2D eigenvalue weighted by atomic mass is 32.3. The molecule has 1 rings (SSSR count). The molecular formula is C61H121NO11S. The number of hydrogen-bond acceptors (Lipinski definition) is 10. The molecule has 1 aliphatic rings. The fourth-order valence-corrected chi connectivity index (χ4v) is 11.3. The van der Waals surface area contributed by atoms with Crippen molar-refractivity contribution < 1.29 is 51.8 Å². The van der Waals surface area contributed by atoms with Crippen LogP contribution >= 0.6 is 0 Å². The second-order valence-electron chi connectivity index (χ2n) is 22.7. The quantitative estimate of drug-likeness (QED) is 0.0251. The monoisotopic (exact) mass is 1080 g/mol. The third-order valence-electron chi connectivity index (χ3n) is 15.7. The Labute approximate surface area is 456 Å². The van der Waals surface area contributed by atoms with Gasteiger partial charge in [0, 0.05) is 6.42 Å². The van der Waals surface area contributed by atoms with Crippen molar-refractivity contribution in [3.8, 4) is 0 Å². The third kappa shape index (κ3) is 43.0. The molecule has 0 saturated carbocycles. The number of unbranched alkanes of at least 4 members (excludes halogenated alkanes) is 45. The van der Waals surface area contributed by atoms with Gasteiger partial charge in [-0.3, -0.25) is 9.35 Å². The lowest BCUT2D eigenvalue weighted by Gasteiger charge is -2.41. The van der Waals surface area contributed by atoms with Crippen molar-refractivity contribution in [3.05, 3.63) is 0 Å². The van der Waals surface area contributed by atoms with Gasteiger partial charge in [0.15, 0.2) is 6.29 Å². The number of carbonyl (C=O) groups excluding carboxylic acids is 1. The van der Waals surface area contributed by atoms with Gasteiger partial charge in [-0.25, -0.2) is 4.18 Å². The number of hydrogen-bond donors (Lipinski definition) is 6. The molecule has 13 heteroatoms. The van der Waals surface area contributed by atoms with E-state index >= 15 is 0 Å². The van der Waals surface area contributed by atoms with Crippen LogP contribution in [0.2, 0.25) is 0 Å². The fourth-order valence-electron chi connectivity index (χ4n) is 10.8. The molecule has 1 aliphatic heterocycles. The minimum atomic E-state index is -5.08. The van der Waals surface area contributed by atoms with Crippen LogP contribution in [0.15, 0.2) is 0 Å². The topological polar surface area (TPSA) is 192 Å². The zero-order valence-corrected chi connectivity index (χ0v) is 49.0. The Hall–Kier alpha value is -0.900. The fraction of sp³-hybridized carbons (Fsp3) is 0.984. The van der Waals surface area contributed by atoms with Crippen molar-refractivity contribution >= 4 is 16.3 Å². The molecule has 0 aromatic heterocycles. The smallest absolute Gasteiger partial charge is 0.394 e. The summed E-state index contributed by atoms with van der Waals surface area (Å²) in [5, 5.41) is 45.1. The summed E-state index contributed by atoms with van der Waals surface area (Å²) >= 11 is 0. The molecule has 7 unspecified atom stereocenters. The molecule has 74 heavy (non-hydrogen) atoms. The van der Waals surface area contributed by atoms with Crippen LogP contribution in [-0.4, -0.2) is 95.4 Å². The van der Waals surface area contributed by atoms with E-state index in [1.54, 1.807) is 0 Å². The van der Waals surface area contributed by atoms with Crippen molar-refractivity contribution in [2.24, 2.45) is 0 Å². The molecule has 1 saturated heterocycles. The number of carbonyl (C=O) groups is 1. The van der Waals surface area contributed by atoms with E-state index < -0.39 is 59.9 Å². The van der Waals surface area contributed by atoms with Gasteiger partial charge in [-0.15, -0.1) is 0 Å². The highest BCUT2D eigenvalue weighted by molar-refractivity contribution is 7.80. The van der Waals surface area contributed by atoms with Gasteiger partial charge >= 0.3 is 10.4 Å². The lowest BCUT2D eigenvalue weighted by molar-refractivity contribution is -0.298. The Bertz CT molecular complexity index is 1310. The second kappa shape index (κ2) is 51.5. The molecular weight excluding hydrogens is 955 g/mol. The van der Waals surface area contributed by atoms with Crippen LogP contribution in [0.25, 0.3) is 0 Å². The molecule has 442 valence electrons. The van der Waals surface area contributed by atoms with Gasteiger partial charge < -0.3 is 35.2 Å². The minimum Gasteiger partial charge on any atom is -0.394 e. The lowest BCUT2D eigenvalue weighted by atomic mass is 9.99. The van der Waals surface area contributed by atoms with Crippen LogP contribution < -0.4 is 5.32 Å². The maximum atomic E-state index is 13.2.